The summed E-state index contributed by atoms with van der Waals surface area (Å²) >= 11 is 0. The number of unbranched alkanes of at least 4 members (excludes halogenated alkanes) is 38. The summed E-state index contributed by atoms with van der Waals surface area (Å²) in [4.78, 5) is 38.3. The van der Waals surface area contributed by atoms with Crippen LogP contribution in [-0.2, 0) is 28.6 Å². The molecule has 0 aliphatic rings. The fourth-order valence-corrected chi connectivity index (χ4v) is 9.94. The van der Waals surface area contributed by atoms with Crippen LogP contribution in [0.3, 0.4) is 0 Å². The van der Waals surface area contributed by atoms with Gasteiger partial charge in [-0.3, -0.25) is 14.4 Å². The van der Waals surface area contributed by atoms with Crippen LogP contribution in [0.15, 0.2) is 85.1 Å². The predicted molar refractivity (Wildman–Crippen MR) is 348 cm³/mol. The Balaban J connectivity index is 4.18. The second-order valence-electron chi connectivity index (χ2n) is 23.1. The van der Waals surface area contributed by atoms with Crippen molar-refractivity contribution >= 4 is 17.9 Å². The smallest absolute Gasteiger partial charge is 0.306 e. The second-order valence-corrected chi connectivity index (χ2v) is 23.1. The molecule has 0 aromatic heterocycles. The van der Waals surface area contributed by atoms with Gasteiger partial charge in [-0.15, -0.1) is 0 Å². The lowest BCUT2D eigenvalue weighted by molar-refractivity contribution is -0.167. The number of hydrogen-bond donors (Lipinski definition) is 0. The monoisotopic (exact) mass is 1110 g/mol. The molecular weight excluding hydrogens is 985 g/mol. The number of esters is 3. The number of ether oxygens (including phenoxy) is 3. The Morgan fingerprint density at radius 3 is 0.825 bits per heavy atom. The molecule has 0 aromatic rings. The minimum absolute atomic E-state index is 0.0814. The fraction of sp³-hybridized carbons (Fsp3) is 0.770. The summed E-state index contributed by atoms with van der Waals surface area (Å²) in [6, 6.07) is 0. The SMILES string of the molecule is CC/C=C\C/C=C\C/C=C\C/C=C\C/C=C\CCCCCCCCCC(=O)OC(COC(=O)CCCCCCC/C=C\CCC)COC(=O)CCCCCCCCCCCCCCCCCCC/C=C\CCCCCCCCCC. The van der Waals surface area contributed by atoms with Crippen LogP contribution in [0.4, 0.5) is 0 Å². The van der Waals surface area contributed by atoms with E-state index in [9.17, 15) is 14.4 Å². The van der Waals surface area contributed by atoms with Crippen molar-refractivity contribution in [1.82, 2.24) is 0 Å². The van der Waals surface area contributed by atoms with Gasteiger partial charge in [0.2, 0.25) is 0 Å². The summed E-state index contributed by atoms with van der Waals surface area (Å²) in [6.07, 6.45) is 90.5. The zero-order valence-corrected chi connectivity index (χ0v) is 53.1. The third-order valence-electron chi connectivity index (χ3n) is 15.1. The first-order chi connectivity index (χ1) is 39.5. The number of rotatable bonds is 63. The lowest BCUT2D eigenvalue weighted by Crippen LogP contribution is -2.30. The Bertz CT molecular complexity index is 1520. The molecule has 0 fully saturated rings. The summed E-state index contributed by atoms with van der Waals surface area (Å²) < 4.78 is 16.9. The van der Waals surface area contributed by atoms with Crippen LogP contribution in [0.1, 0.15) is 348 Å². The van der Waals surface area contributed by atoms with Crippen molar-refractivity contribution in [1.29, 1.82) is 0 Å². The summed E-state index contributed by atoms with van der Waals surface area (Å²) in [7, 11) is 0. The Hall–Kier alpha value is -3.41. The molecular formula is C74H130O6. The van der Waals surface area contributed by atoms with Crippen molar-refractivity contribution in [3.63, 3.8) is 0 Å². The van der Waals surface area contributed by atoms with E-state index in [2.05, 4.69) is 106 Å². The fourth-order valence-electron chi connectivity index (χ4n) is 9.94. The number of carbonyl (C=O) groups excluding carboxylic acids is 3. The van der Waals surface area contributed by atoms with Gasteiger partial charge in [-0.2, -0.15) is 0 Å². The molecule has 0 rings (SSSR count). The molecule has 6 heteroatoms. The van der Waals surface area contributed by atoms with Gasteiger partial charge >= 0.3 is 17.9 Å². The maximum atomic E-state index is 12.9. The van der Waals surface area contributed by atoms with Gasteiger partial charge in [-0.1, -0.05) is 305 Å². The topological polar surface area (TPSA) is 78.9 Å². The van der Waals surface area contributed by atoms with Crippen molar-refractivity contribution < 1.29 is 28.6 Å². The van der Waals surface area contributed by atoms with E-state index in [1.807, 2.05) is 0 Å². The van der Waals surface area contributed by atoms with Gasteiger partial charge in [-0.25, -0.2) is 0 Å². The normalized spacial score (nSPS) is 12.6. The van der Waals surface area contributed by atoms with E-state index in [1.54, 1.807) is 0 Å². The molecule has 0 saturated heterocycles. The average molecular weight is 1120 g/mol. The third kappa shape index (κ3) is 65.4. The molecule has 6 nitrogen and oxygen atoms in total. The van der Waals surface area contributed by atoms with E-state index in [4.69, 9.17) is 14.2 Å². The molecule has 0 N–H and O–H groups in total. The van der Waals surface area contributed by atoms with Gasteiger partial charge in [0, 0.05) is 19.3 Å². The van der Waals surface area contributed by atoms with E-state index in [0.29, 0.717) is 19.3 Å². The predicted octanol–water partition coefficient (Wildman–Crippen LogP) is 23.8. The standard InChI is InChI=1S/C74H130O6/c1-4-7-10-13-16-19-22-24-26-28-30-32-34-35-36-37-38-39-41-42-44-46-48-50-52-55-58-61-64-67-73(76)79-70-71(69-78-72(75)66-63-60-57-54-21-18-15-12-9-6-3)80-74(77)68-65-62-59-56-53-51-49-47-45-43-40-33-31-29-27-25-23-20-17-14-11-8-5-2/h8,11-12,15,17,20,25,27-28,30-31,33,43,45,71H,4-7,9-10,13-14,16,18-19,21-24,26,29,32,34-42,44,46-70H2,1-3H3/b11-8-,15-12-,20-17-,27-25-,30-28-,33-31-,45-43-. The lowest BCUT2D eigenvalue weighted by Gasteiger charge is -2.18. The first-order valence-corrected chi connectivity index (χ1v) is 34.6. The van der Waals surface area contributed by atoms with Gasteiger partial charge in [-0.05, 0) is 109 Å². The van der Waals surface area contributed by atoms with Crippen molar-refractivity contribution in [3.05, 3.63) is 85.1 Å². The van der Waals surface area contributed by atoms with Gasteiger partial charge in [0.15, 0.2) is 6.10 Å². The minimum atomic E-state index is -0.786. The number of allylic oxidation sites excluding steroid dienone is 14. The summed E-state index contributed by atoms with van der Waals surface area (Å²) in [5.41, 5.74) is 0. The van der Waals surface area contributed by atoms with E-state index >= 15 is 0 Å². The van der Waals surface area contributed by atoms with Gasteiger partial charge in [0.25, 0.3) is 0 Å². The molecule has 0 saturated carbocycles. The van der Waals surface area contributed by atoms with Crippen LogP contribution >= 0.6 is 0 Å². The molecule has 80 heavy (non-hydrogen) atoms. The molecule has 0 amide bonds. The highest BCUT2D eigenvalue weighted by atomic mass is 16.6. The quantitative estimate of drug-likeness (QED) is 0.0261. The molecule has 0 heterocycles. The number of carbonyl (C=O) groups is 3. The highest BCUT2D eigenvalue weighted by molar-refractivity contribution is 5.71. The van der Waals surface area contributed by atoms with E-state index in [-0.39, 0.29) is 31.1 Å². The van der Waals surface area contributed by atoms with Crippen LogP contribution in [0.25, 0.3) is 0 Å². The van der Waals surface area contributed by atoms with E-state index < -0.39 is 6.10 Å². The Kier molecular flexibility index (Phi) is 65.2. The van der Waals surface area contributed by atoms with Crippen LogP contribution in [-0.4, -0.2) is 37.2 Å². The van der Waals surface area contributed by atoms with Crippen LogP contribution in [0, 0.1) is 0 Å². The first kappa shape index (κ1) is 76.6. The summed E-state index contributed by atoms with van der Waals surface area (Å²) in [6.45, 7) is 6.49. The molecule has 0 spiro atoms. The molecule has 0 radical (unpaired) electrons. The minimum Gasteiger partial charge on any atom is -0.462 e. The summed E-state index contributed by atoms with van der Waals surface area (Å²) in [5, 5.41) is 0. The number of hydrogen-bond acceptors (Lipinski definition) is 6. The maximum Gasteiger partial charge on any atom is 0.306 e. The average Bonchev–Trinajstić information content (AvgIpc) is 3.46. The van der Waals surface area contributed by atoms with Crippen LogP contribution in [0.5, 0.6) is 0 Å². The van der Waals surface area contributed by atoms with Gasteiger partial charge < -0.3 is 14.2 Å². The maximum absolute atomic E-state index is 12.9. The largest absolute Gasteiger partial charge is 0.462 e. The molecule has 1 unspecified atom stereocenters. The van der Waals surface area contributed by atoms with Crippen molar-refractivity contribution in [2.45, 2.75) is 354 Å². The third-order valence-corrected chi connectivity index (χ3v) is 15.1. The molecule has 0 bridgehead atoms. The molecule has 0 aliphatic carbocycles. The van der Waals surface area contributed by atoms with E-state index in [0.717, 1.165) is 109 Å². The zero-order chi connectivity index (χ0) is 57.8. The lowest BCUT2D eigenvalue weighted by atomic mass is 10.0. The Morgan fingerprint density at radius 1 is 0.263 bits per heavy atom. The van der Waals surface area contributed by atoms with Crippen molar-refractivity contribution in [3.8, 4) is 0 Å². The zero-order valence-electron chi connectivity index (χ0n) is 53.1. The summed E-state index contributed by atoms with van der Waals surface area (Å²) in [5.74, 6) is -0.890. The van der Waals surface area contributed by atoms with Gasteiger partial charge in [0.05, 0.1) is 0 Å². The van der Waals surface area contributed by atoms with E-state index in [1.165, 1.54) is 199 Å². The highest BCUT2D eigenvalue weighted by Crippen LogP contribution is 2.17. The highest BCUT2D eigenvalue weighted by Gasteiger charge is 2.19. The van der Waals surface area contributed by atoms with Crippen LogP contribution in [0.2, 0.25) is 0 Å². The van der Waals surface area contributed by atoms with Gasteiger partial charge in [0.1, 0.15) is 13.2 Å². The van der Waals surface area contributed by atoms with Crippen molar-refractivity contribution in [2.24, 2.45) is 0 Å². The molecule has 1 atom stereocenters. The van der Waals surface area contributed by atoms with Crippen molar-refractivity contribution in [2.75, 3.05) is 13.2 Å². The Labute approximate surface area is 496 Å². The second kappa shape index (κ2) is 68.1. The first-order valence-electron chi connectivity index (χ1n) is 34.6. The molecule has 0 aromatic carbocycles. The Morgan fingerprint density at radius 2 is 0.512 bits per heavy atom. The molecule has 0 aliphatic heterocycles. The van der Waals surface area contributed by atoms with Crippen LogP contribution < -0.4 is 0 Å². The molecule has 462 valence electrons.